The van der Waals surface area contributed by atoms with Crippen molar-refractivity contribution >= 4 is 17.7 Å². The zero-order chi connectivity index (χ0) is 18.6. The third kappa shape index (κ3) is 4.37. The lowest BCUT2D eigenvalue weighted by atomic mass is 10.1. The standard InChI is InChI=1S/C18H22N2O5/c1-11(2)20-12(3)8-14(13(20)4)15(21)10-25-17(22)9-19-18(23)16-6-5-7-24-16/h5-8,11H,9-10H2,1-4H3,(H,19,23). The lowest BCUT2D eigenvalue weighted by molar-refractivity contribution is -0.141. The fourth-order valence-electron chi connectivity index (χ4n) is 2.78. The number of nitrogens with zero attached hydrogens (tertiary/aromatic N) is 1. The number of aromatic nitrogens is 1. The summed E-state index contributed by atoms with van der Waals surface area (Å²) in [6, 6.07) is 5.08. The third-order valence-corrected chi connectivity index (χ3v) is 3.80. The largest absolute Gasteiger partial charge is 0.459 e. The summed E-state index contributed by atoms with van der Waals surface area (Å²) in [5, 5.41) is 2.37. The summed E-state index contributed by atoms with van der Waals surface area (Å²) in [6.07, 6.45) is 1.36. The average Bonchev–Trinajstić information content (AvgIpc) is 3.18. The molecule has 0 radical (unpaired) electrons. The summed E-state index contributed by atoms with van der Waals surface area (Å²) in [6.45, 7) is 7.17. The molecule has 2 aromatic rings. The Labute approximate surface area is 145 Å². The van der Waals surface area contributed by atoms with Crippen molar-refractivity contribution in [2.24, 2.45) is 0 Å². The Kier molecular flexibility index (Phi) is 5.80. The minimum Gasteiger partial charge on any atom is -0.459 e. The van der Waals surface area contributed by atoms with Gasteiger partial charge >= 0.3 is 5.97 Å². The van der Waals surface area contributed by atoms with Crippen LogP contribution in [0.15, 0.2) is 28.9 Å². The van der Waals surface area contributed by atoms with E-state index in [9.17, 15) is 14.4 Å². The van der Waals surface area contributed by atoms with Crippen LogP contribution in [0.3, 0.4) is 0 Å². The maximum absolute atomic E-state index is 12.3. The number of hydrogen-bond donors (Lipinski definition) is 1. The lowest BCUT2D eigenvalue weighted by Gasteiger charge is -2.13. The van der Waals surface area contributed by atoms with E-state index in [2.05, 4.69) is 9.88 Å². The summed E-state index contributed by atoms with van der Waals surface area (Å²) in [7, 11) is 0. The number of hydrogen-bond acceptors (Lipinski definition) is 5. The van der Waals surface area contributed by atoms with Gasteiger partial charge in [-0.25, -0.2) is 0 Å². The Hall–Kier alpha value is -2.83. The van der Waals surface area contributed by atoms with E-state index in [-0.39, 0.29) is 30.7 Å². The molecule has 1 N–H and O–H groups in total. The molecule has 25 heavy (non-hydrogen) atoms. The van der Waals surface area contributed by atoms with E-state index in [0.717, 1.165) is 11.4 Å². The van der Waals surface area contributed by atoms with Crippen LogP contribution in [0.4, 0.5) is 0 Å². The Bertz CT molecular complexity index is 772. The minimum absolute atomic E-state index is 0.102. The van der Waals surface area contributed by atoms with Crippen molar-refractivity contribution in [3.8, 4) is 0 Å². The highest BCUT2D eigenvalue weighted by Crippen LogP contribution is 2.20. The normalized spacial score (nSPS) is 10.8. The zero-order valence-corrected chi connectivity index (χ0v) is 14.8. The quantitative estimate of drug-likeness (QED) is 0.614. The van der Waals surface area contributed by atoms with Crippen molar-refractivity contribution in [1.82, 2.24) is 9.88 Å². The number of carbonyl (C=O) groups excluding carboxylic acids is 3. The molecule has 2 heterocycles. The van der Waals surface area contributed by atoms with Gasteiger partial charge in [-0.1, -0.05) is 0 Å². The second-order valence-electron chi connectivity index (χ2n) is 5.99. The van der Waals surface area contributed by atoms with Crippen molar-refractivity contribution in [3.63, 3.8) is 0 Å². The molecule has 2 aromatic heterocycles. The van der Waals surface area contributed by atoms with Crippen LogP contribution in [0, 0.1) is 13.8 Å². The number of carbonyl (C=O) groups is 3. The van der Waals surface area contributed by atoms with Crippen LogP contribution in [0.1, 0.15) is 52.2 Å². The van der Waals surface area contributed by atoms with Crippen molar-refractivity contribution in [2.75, 3.05) is 13.2 Å². The topological polar surface area (TPSA) is 90.5 Å². The number of aryl methyl sites for hydroxylation is 1. The van der Waals surface area contributed by atoms with Crippen molar-refractivity contribution in [3.05, 3.63) is 47.2 Å². The van der Waals surface area contributed by atoms with Gasteiger partial charge in [0.05, 0.1) is 6.26 Å². The van der Waals surface area contributed by atoms with Crippen LogP contribution in [-0.4, -0.2) is 35.4 Å². The fraction of sp³-hybridized carbons (Fsp3) is 0.389. The molecular weight excluding hydrogens is 324 g/mol. The molecule has 0 aromatic carbocycles. The van der Waals surface area contributed by atoms with Crippen LogP contribution in [-0.2, 0) is 9.53 Å². The maximum Gasteiger partial charge on any atom is 0.325 e. The van der Waals surface area contributed by atoms with Crippen LogP contribution in [0.5, 0.6) is 0 Å². The predicted octanol–water partition coefficient (Wildman–Crippen LogP) is 2.43. The predicted molar refractivity (Wildman–Crippen MR) is 90.6 cm³/mol. The van der Waals surface area contributed by atoms with E-state index in [4.69, 9.17) is 9.15 Å². The average molecular weight is 346 g/mol. The maximum atomic E-state index is 12.3. The van der Waals surface area contributed by atoms with Gasteiger partial charge < -0.3 is 19.0 Å². The van der Waals surface area contributed by atoms with E-state index in [0.29, 0.717) is 5.56 Å². The van der Waals surface area contributed by atoms with Crippen molar-refractivity contribution in [2.45, 2.75) is 33.7 Å². The first-order valence-corrected chi connectivity index (χ1v) is 8.00. The molecule has 1 amide bonds. The molecule has 0 aliphatic rings. The molecule has 7 nitrogen and oxygen atoms in total. The Morgan fingerprint density at radius 2 is 2.00 bits per heavy atom. The number of ketones is 1. The monoisotopic (exact) mass is 346 g/mol. The number of ether oxygens (including phenoxy) is 1. The molecule has 134 valence electrons. The Morgan fingerprint density at radius 1 is 1.28 bits per heavy atom. The molecule has 0 atom stereocenters. The number of furan rings is 1. The summed E-state index contributed by atoms with van der Waals surface area (Å²) < 4.78 is 11.9. The zero-order valence-electron chi connectivity index (χ0n) is 14.8. The van der Waals surface area contributed by atoms with Gasteiger partial charge in [0.1, 0.15) is 6.54 Å². The van der Waals surface area contributed by atoms with Crippen molar-refractivity contribution < 1.29 is 23.5 Å². The van der Waals surface area contributed by atoms with Crippen LogP contribution < -0.4 is 5.32 Å². The van der Waals surface area contributed by atoms with E-state index in [1.165, 1.54) is 12.3 Å². The molecule has 0 saturated heterocycles. The highest BCUT2D eigenvalue weighted by atomic mass is 16.5. The number of nitrogens with one attached hydrogen (secondary N) is 1. The molecule has 0 unspecified atom stereocenters. The first kappa shape index (κ1) is 18.5. The van der Waals surface area contributed by atoms with E-state index in [1.807, 2.05) is 27.7 Å². The lowest BCUT2D eigenvalue weighted by Crippen LogP contribution is -2.31. The first-order valence-electron chi connectivity index (χ1n) is 8.00. The van der Waals surface area contributed by atoms with Gasteiger partial charge in [0.15, 0.2) is 12.4 Å². The van der Waals surface area contributed by atoms with E-state index in [1.54, 1.807) is 12.1 Å². The number of Topliss-reactive ketones (excluding diaryl/α,β-unsaturated/α-hetero) is 1. The molecule has 2 rings (SSSR count). The molecule has 0 spiro atoms. The Balaban J connectivity index is 1.86. The second-order valence-corrected chi connectivity index (χ2v) is 5.99. The van der Waals surface area contributed by atoms with Gasteiger partial charge in [0, 0.05) is 23.0 Å². The number of esters is 1. The smallest absolute Gasteiger partial charge is 0.325 e. The van der Waals surface area contributed by atoms with Gasteiger partial charge in [0.25, 0.3) is 5.91 Å². The van der Waals surface area contributed by atoms with E-state index >= 15 is 0 Å². The molecule has 0 aliphatic carbocycles. The Morgan fingerprint density at radius 3 is 2.56 bits per heavy atom. The molecule has 0 fully saturated rings. The van der Waals surface area contributed by atoms with Crippen LogP contribution in [0.25, 0.3) is 0 Å². The first-order chi connectivity index (χ1) is 11.8. The second kappa shape index (κ2) is 7.83. The highest BCUT2D eigenvalue weighted by Gasteiger charge is 2.19. The molecule has 7 heteroatoms. The summed E-state index contributed by atoms with van der Waals surface area (Å²) in [5.41, 5.74) is 2.37. The number of amides is 1. The molecule has 0 saturated carbocycles. The van der Waals surface area contributed by atoms with Gasteiger partial charge in [-0.3, -0.25) is 14.4 Å². The van der Waals surface area contributed by atoms with Gasteiger partial charge in [0.2, 0.25) is 5.78 Å². The highest BCUT2D eigenvalue weighted by molar-refractivity contribution is 5.99. The summed E-state index contributed by atoms with van der Waals surface area (Å²) in [5.74, 6) is -1.38. The summed E-state index contributed by atoms with van der Waals surface area (Å²) in [4.78, 5) is 35.6. The van der Waals surface area contributed by atoms with Gasteiger partial charge in [-0.2, -0.15) is 0 Å². The van der Waals surface area contributed by atoms with Gasteiger partial charge in [-0.05, 0) is 45.9 Å². The van der Waals surface area contributed by atoms with Crippen molar-refractivity contribution in [1.29, 1.82) is 0 Å². The van der Waals surface area contributed by atoms with Crippen LogP contribution in [0.2, 0.25) is 0 Å². The number of rotatable bonds is 7. The molecule has 0 aliphatic heterocycles. The SMILES string of the molecule is Cc1cc(C(=O)COC(=O)CNC(=O)c2ccco2)c(C)n1C(C)C. The third-order valence-electron chi connectivity index (χ3n) is 3.80. The molecule has 0 bridgehead atoms. The molecular formula is C18H22N2O5. The summed E-state index contributed by atoms with van der Waals surface area (Å²) >= 11 is 0. The minimum atomic E-state index is -0.689. The van der Waals surface area contributed by atoms with Crippen LogP contribution >= 0.6 is 0 Å². The van der Waals surface area contributed by atoms with E-state index < -0.39 is 11.9 Å². The van der Waals surface area contributed by atoms with Gasteiger partial charge in [-0.15, -0.1) is 0 Å². The fourth-order valence-corrected chi connectivity index (χ4v) is 2.78.